The summed E-state index contributed by atoms with van der Waals surface area (Å²) in [6, 6.07) is 18.6. The van der Waals surface area contributed by atoms with Crippen LogP contribution in [0.4, 0.5) is 5.69 Å². The van der Waals surface area contributed by atoms with Crippen LogP contribution in [0.25, 0.3) is 11.3 Å². The molecule has 4 rings (SSSR count). The summed E-state index contributed by atoms with van der Waals surface area (Å²) in [5, 5.41) is 3.93. The minimum Gasteiger partial charge on any atom is -0.369 e. The summed E-state index contributed by atoms with van der Waals surface area (Å²) in [5.74, 6) is -0.628. The lowest BCUT2D eigenvalue weighted by molar-refractivity contribution is -0.121. The lowest BCUT2D eigenvalue weighted by Gasteiger charge is -2.32. The molecule has 0 fully saturated rings. The van der Waals surface area contributed by atoms with Gasteiger partial charge in [-0.2, -0.15) is 0 Å². The molecular formula is C20H17N3O3. The van der Waals surface area contributed by atoms with Crippen molar-refractivity contribution in [3.05, 3.63) is 71.9 Å². The van der Waals surface area contributed by atoms with Gasteiger partial charge in [0.15, 0.2) is 11.5 Å². The standard InChI is InChI=1S/C20H17N3O3/c21-19(24)15-10-14-8-4-5-9-17(14)23(12-15)20(25)16-11-18(26-22-16)13-6-2-1-3-7-13/h1-9,11,15H,10,12H2,(H2,21,24)/t15-/m1/s1. The van der Waals surface area contributed by atoms with Crippen molar-refractivity contribution in [2.75, 3.05) is 11.4 Å². The lowest BCUT2D eigenvalue weighted by atomic mass is 9.91. The molecule has 1 aromatic heterocycles. The highest BCUT2D eigenvalue weighted by atomic mass is 16.5. The average Bonchev–Trinajstić information content (AvgIpc) is 3.17. The maximum absolute atomic E-state index is 13.0. The van der Waals surface area contributed by atoms with Gasteiger partial charge in [-0.15, -0.1) is 0 Å². The highest BCUT2D eigenvalue weighted by Crippen LogP contribution is 2.31. The van der Waals surface area contributed by atoms with Crippen molar-refractivity contribution in [1.82, 2.24) is 5.16 Å². The van der Waals surface area contributed by atoms with E-state index in [2.05, 4.69) is 5.16 Å². The average molecular weight is 347 g/mol. The van der Waals surface area contributed by atoms with Gasteiger partial charge in [-0.1, -0.05) is 53.7 Å². The zero-order valence-electron chi connectivity index (χ0n) is 14.0. The van der Waals surface area contributed by atoms with Crippen molar-refractivity contribution in [2.45, 2.75) is 6.42 Å². The molecule has 6 nitrogen and oxygen atoms in total. The first-order valence-electron chi connectivity index (χ1n) is 8.34. The van der Waals surface area contributed by atoms with Crippen LogP contribution >= 0.6 is 0 Å². The number of aromatic nitrogens is 1. The largest absolute Gasteiger partial charge is 0.369 e. The monoisotopic (exact) mass is 347 g/mol. The fraction of sp³-hybridized carbons (Fsp3) is 0.150. The maximum Gasteiger partial charge on any atom is 0.280 e. The van der Waals surface area contributed by atoms with Crippen molar-refractivity contribution < 1.29 is 14.1 Å². The van der Waals surface area contributed by atoms with Crippen LogP contribution in [-0.2, 0) is 11.2 Å². The molecule has 1 aliphatic rings. The Morgan fingerprint density at radius 2 is 1.81 bits per heavy atom. The van der Waals surface area contributed by atoms with E-state index in [1.807, 2.05) is 54.6 Å². The predicted molar refractivity (Wildman–Crippen MR) is 96.4 cm³/mol. The molecule has 0 saturated carbocycles. The molecule has 0 radical (unpaired) electrons. The smallest absolute Gasteiger partial charge is 0.280 e. The number of hydrogen-bond acceptors (Lipinski definition) is 4. The van der Waals surface area contributed by atoms with E-state index in [0.29, 0.717) is 12.2 Å². The molecule has 3 aromatic rings. The Morgan fingerprint density at radius 3 is 2.58 bits per heavy atom. The molecule has 0 spiro atoms. The Balaban J connectivity index is 1.67. The third-order valence-corrected chi connectivity index (χ3v) is 4.59. The summed E-state index contributed by atoms with van der Waals surface area (Å²) in [4.78, 5) is 26.3. The number of para-hydroxylation sites is 1. The summed E-state index contributed by atoms with van der Waals surface area (Å²) >= 11 is 0. The first-order chi connectivity index (χ1) is 12.6. The molecule has 2 aromatic carbocycles. The first kappa shape index (κ1) is 16.1. The van der Waals surface area contributed by atoms with Crippen LogP contribution in [0.2, 0.25) is 0 Å². The normalized spacial score (nSPS) is 16.2. The molecular weight excluding hydrogens is 330 g/mol. The third kappa shape index (κ3) is 2.86. The van der Waals surface area contributed by atoms with Crippen molar-refractivity contribution in [3.8, 4) is 11.3 Å². The van der Waals surface area contributed by atoms with E-state index in [1.165, 1.54) is 0 Å². The number of rotatable bonds is 3. The van der Waals surface area contributed by atoms with Gasteiger partial charge in [0.25, 0.3) is 5.91 Å². The number of nitrogens with two attached hydrogens (primary N) is 1. The van der Waals surface area contributed by atoms with Gasteiger partial charge in [0.05, 0.1) is 5.92 Å². The van der Waals surface area contributed by atoms with Crippen LogP contribution in [0, 0.1) is 5.92 Å². The number of benzene rings is 2. The SMILES string of the molecule is NC(=O)[C@@H]1Cc2ccccc2N(C(=O)c2cc(-c3ccccc3)on2)C1. The molecule has 130 valence electrons. The van der Waals surface area contributed by atoms with Crippen LogP contribution in [0.1, 0.15) is 16.1 Å². The van der Waals surface area contributed by atoms with Crippen LogP contribution < -0.4 is 10.6 Å². The predicted octanol–water partition coefficient (Wildman–Crippen LogP) is 2.65. The molecule has 0 bridgehead atoms. The third-order valence-electron chi connectivity index (χ3n) is 4.59. The Kier molecular flexibility index (Phi) is 4.01. The number of amides is 2. The number of anilines is 1. The Morgan fingerprint density at radius 1 is 1.08 bits per heavy atom. The van der Waals surface area contributed by atoms with Crippen molar-refractivity contribution in [1.29, 1.82) is 0 Å². The molecule has 1 aliphatic heterocycles. The Hall–Kier alpha value is -3.41. The maximum atomic E-state index is 13.0. The van der Waals surface area contributed by atoms with Crippen LogP contribution in [0.5, 0.6) is 0 Å². The number of nitrogens with zero attached hydrogens (tertiary/aromatic N) is 2. The molecule has 0 unspecified atom stereocenters. The molecule has 1 atom stereocenters. The van der Waals surface area contributed by atoms with Gasteiger partial charge in [0, 0.05) is 23.9 Å². The number of carbonyl (C=O) groups excluding carboxylic acids is 2. The fourth-order valence-corrected chi connectivity index (χ4v) is 3.23. The van der Waals surface area contributed by atoms with E-state index in [9.17, 15) is 9.59 Å². The van der Waals surface area contributed by atoms with Gasteiger partial charge in [-0.3, -0.25) is 9.59 Å². The highest BCUT2D eigenvalue weighted by molar-refractivity contribution is 6.06. The second kappa shape index (κ2) is 6.48. The van der Waals surface area contributed by atoms with Gasteiger partial charge in [-0.05, 0) is 18.1 Å². The van der Waals surface area contributed by atoms with E-state index in [0.717, 1.165) is 16.8 Å². The lowest BCUT2D eigenvalue weighted by Crippen LogP contribution is -2.44. The van der Waals surface area contributed by atoms with Crippen molar-refractivity contribution in [2.24, 2.45) is 11.7 Å². The molecule has 2 N–H and O–H groups in total. The highest BCUT2D eigenvalue weighted by Gasteiger charge is 2.32. The molecule has 2 heterocycles. The molecule has 26 heavy (non-hydrogen) atoms. The van der Waals surface area contributed by atoms with Gasteiger partial charge < -0.3 is 15.2 Å². The van der Waals surface area contributed by atoms with Gasteiger partial charge in [0.1, 0.15) is 0 Å². The molecule has 2 amide bonds. The Bertz CT molecular complexity index is 965. The van der Waals surface area contributed by atoms with E-state index < -0.39 is 11.8 Å². The van der Waals surface area contributed by atoms with Crippen LogP contribution in [-0.4, -0.2) is 23.5 Å². The number of primary amides is 1. The fourth-order valence-electron chi connectivity index (χ4n) is 3.23. The number of carbonyl (C=O) groups is 2. The zero-order chi connectivity index (χ0) is 18.1. The van der Waals surface area contributed by atoms with Crippen molar-refractivity contribution >= 4 is 17.5 Å². The summed E-state index contributed by atoms with van der Waals surface area (Å²) in [6.45, 7) is 0.235. The molecule has 0 aliphatic carbocycles. The van der Waals surface area contributed by atoms with Crippen LogP contribution in [0.3, 0.4) is 0 Å². The van der Waals surface area contributed by atoms with Crippen LogP contribution in [0.15, 0.2) is 65.2 Å². The van der Waals surface area contributed by atoms with Gasteiger partial charge in [0.2, 0.25) is 5.91 Å². The molecule has 0 saturated heterocycles. The van der Waals surface area contributed by atoms with E-state index >= 15 is 0 Å². The minimum atomic E-state index is -0.422. The topological polar surface area (TPSA) is 89.4 Å². The zero-order valence-corrected chi connectivity index (χ0v) is 14.0. The quantitative estimate of drug-likeness (QED) is 0.789. The van der Waals surface area contributed by atoms with Crippen molar-refractivity contribution in [3.63, 3.8) is 0 Å². The van der Waals surface area contributed by atoms with E-state index in [-0.39, 0.29) is 18.1 Å². The molecule has 6 heteroatoms. The summed E-state index contributed by atoms with van der Waals surface area (Å²) in [5.41, 5.74) is 8.23. The second-order valence-corrected chi connectivity index (χ2v) is 6.29. The van der Waals surface area contributed by atoms with Gasteiger partial charge >= 0.3 is 0 Å². The Labute approximate surface area is 150 Å². The van der Waals surface area contributed by atoms with E-state index in [4.69, 9.17) is 10.3 Å². The van der Waals surface area contributed by atoms with Gasteiger partial charge in [-0.25, -0.2) is 0 Å². The minimum absolute atomic E-state index is 0.198. The second-order valence-electron chi connectivity index (χ2n) is 6.29. The number of fused-ring (bicyclic) bond motifs is 1. The summed E-state index contributed by atoms with van der Waals surface area (Å²) < 4.78 is 5.34. The first-order valence-corrected chi connectivity index (χ1v) is 8.34. The summed E-state index contributed by atoms with van der Waals surface area (Å²) in [6.07, 6.45) is 0.531. The van der Waals surface area contributed by atoms with E-state index in [1.54, 1.807) is 11.0 Å². The summed E-state index contributed by atoms with van der Waals surface area (Å²) in [7, 11) is 0. The number of hydrogen-bond donors (Lipinski definition) is 1.